The van der Waals surface area contributed by atoms with E-state index in [0.29, 0.717) is 26.2 Å². The standard InChI is InChI=1S/C12H23F3N4.HI/c1-4-5-17-11(16-3)19-8-6-18(7-9-19)10(2)12(13,14)15;/h10H,4-9H2,1-3H3,(H,16,17);1H. The summed E-state index contributed by atoms with van der Waals surface area (Å²) in [7, 11) is 1.70. The Balaban J connectivity index is 0.00000361. The quantitative estimate of drug-likeness (QED) is 0.441. The number of hydrogen-bond donors (Lipinski definition) is 1. The van der Waals surface area contributed by atoms with E-state index in [1.165, 1.54) is 11.8 Å². The largest absolute Gasteiger partial charge is 0.403 e. The van der Waals surface area contributed by atoms with Gasteiger partial charge in [0.25, 0.3) is 0 Å². The van der Waals surface area contributed by atoms with Crippen LogP contribution in [0.15, 0.2) is 4.99 Å². The van der Waals surface area contributed by atoms with E-state index >= 15 is 0 Å². The maximum Gasteiger partial charge on any atom is 0.403 e. The van der Waals surface area contributed by atoms with Gasteiger partial charge < -0.3 is 10.2 Å². The molecule has 0 spiro atoms. The van der Waals surface area contributed by atoms with Crippen molar-refractivity contribution in [2.24, 2.45) is 4.99 Å². The Hall–Kier alpha value is -0.250. The first-order valence-electron chi connectivity index (χ1n) is 6.66. The lowest BCUT2D eigenvalue weighted by molar-refractivity contribution is -0.181. The zero-order chi connectivity index (χ0) is 14.5. The fourth-order valence-corrected chi connectivity index (χ4v) is 2.10. The predicted octanol–water partition coefficient (Wildman–Crippen LogP) is 2.16. The van der Waals surface area contributed by atoms with E-state index in [1.807, 2.05) is 4.90 Å². The van der Waals surface area contributed by atoms with Gasteiger partial charge in [-0.3, -0.25) is 9.89 Å². The lowest BCUT2D eigenvalue weighted by atomic mass is 10.2. The van der Waals surface area contributed by atoms with Gasteiger partial charge in [0, 0.05) is 39.8 Å². The number of nitrogens with zero attached hydrogens (tertiary/aromatic N) is 3. The van der Waals surface area contributed by atoms with Gasteiger partial charge in [0.1, 0.15) is 6.04 Å². The van der Waals surface area contributed by atoms with Gasteiger partial charge in [0.2, 0.25) is 0 Å². The van der Waals surface area contributed by atoms with Crippen LogP contribution in [0.4, 0.5) is 13.2 Å². The molecule has 0 saturated carbocycles. The number of alkyl halides is 3. The number of aliphatic imine (C=N–C) groups is 1. The van der Waals surface area contributed by atoms with Gasteiger partial charge in [0.05, 0.1) is 0 Å². The van der Waals surface area contributed by atoms with Crippen molar-refractivity contribution in [1.82, 2.24) is 15.1 Å². The number of hydrogen-bond acceptors (Lipinski definition) is 2. The topological polar surface area (TPSA) is 30.9 Å². The molecule has 20 heavy (non-hydrogen) atoms. The Labute approximate surface area is 135 Å². The van der Waals surface area contributed by atoms with E-state index in [0.717, 1.165) is 18.9 Å². The monoisotopic (exact) mass is 408 g/mol. The van der Waals surface area contributed by atoms with Gasteiger partial charge in [-0.2, -0.15) is 13.2 Å². The molecule has 1 unspecified atom stereocenters. The fourth-order valence-electron chi connectivity index (χ4n) is 2.10. The SMILES string of the molecule is CCCNC(=NC)N1CCN(C(C)C(F)(F)F)CC1.I. The first-order chi connectivity index (χ1) is 8.90. The van der Waals surface area contributed by atoms with Crippen molar-refractivity contribution in [2.45, 2.75) is 32.5 Å². The fraction of sp³-hybridized carbons (Fsp3) is 0.917. The van der Waals surface area contributed by atoms with E-state index in [2.05, 4.69) is 17.2 Å². The highest BCUT2D eigenvalue weighted by Crippen LogP contribution is 2.25. The molecule has 0 amide bonds. The summed E-state index contributed by atoms with van der Waals surface area (Å²) in [6.07, 6.45) is -3.16. The van der Waals surface area contributed by atoms with Crippen LogP contribution in [0.5, 0.6) is 0 Å². The molecule has 1 fully saturated rings. The number of nitrogens with one attached hydrogen (secondary N) is 1. The molecule has 0 radical (unpaired) electrons. The summed E-state index contributed by atoms with van der Waals surface area (Å²) in [5, 5.41) is 3.20. The molecule has 0 bridgehead atoms. The van der Waals surface area contributed by atoms with Crippen LogP contribution in [-0.2, 0) is 0 Å². The summed E-state index contributed by atoms with van der Waals surface area (Å²) in [4.78, 5) is 7.64. The van der Waals surface area contributed by atoms with Crippen LogP contribution < -0.4 is 5.32 Å². The van der Waals surface area contributed by atoms with Crippen molar-refractivity contribution < 1.29 is 13.2 Å². The smallest absolute Gasteiger partial charge is 0.356 e. The van der Waals surface area contributed by atoms with Crippen LogP contribution in [0.1, 0.15) is 20.3 Å². The first-order valence-corrected chi connectivity index (χ1v) is 6.66. The minimum atomic E-state index is -4.15. The molecular weight excluding hydrogens is 384 g/mol. The molecule has 1 saturated heterocycles. The maximum absolute atomic E-state index is 12.6. The molecule has 1 heterocycles. The average molecular weight is 408 g/mol. The third kappa shape index (κ3) is 5.63. The van der Waals surface area contributed by atoms with Gasteiger partial charge >= 0.3 is 6.18 Å². The molecule has 1 aliphatic heterocycles. The van der Waals surface area contributed by atoms with Crippen molar-refractivity contribution in [1.29, 1.82) is 0 Å². The highest BCUT2D eigenvalue weighted by atomic mass is 127. The Kier molecular flexibility index (Phi) is 8.80. The average Bonchev–Trinajstić information content (AvgIpc) is 2.38. The second-order valence-corrected chi connectivity index (χ2v) is 4.71. The Morgan fingerprint density at radius 1 is 1.25 bits per heavy atom. The lowest BCUT2D eigenvalue weighted by Gasteiger charge is -2.39. The summed E-state index contributed by atoms with van der Waals surface area (Å²) in [5.41, 5.74) is 0. The van der Waals surface area contributed by atoms with Gasteiger partial charge in [-0.15, -0.1) is 24.0 Å². The molecule has 0 aliphatic carbocycles. The highest BCUT2D eigenvalue weighted by Gasteiger charge is 2.40. The molecule has 1 aliphatic rings. The Morgan fingerprint density at radius 2 is 1.80 bits per heavy atom. The minimum absolute atomic E-state index is 0. The molecule has 4 nitrogen and oxygen atoms in total. The van der Waals surface area contributed by atoms with Crippen molar-refractivity contribution in [3.05, 3.63) is 0 Å². The van der Waals surface area contributed by atoms with Crippen LogP contribution in [0.3, 0.4) is 0 Å². The second-order valence-electron chi connectivity index (χ2n) is 4.71. The summed E-state index contributed by atoms with van der Waals surface area (Å²) >= 11 is 0. The summed E-state index contributed by atoms with van der Waals surface area (Å²) in [6.45, 7) is 6.07. The summed E-state index contributed by atoms with van der Waals surface area (Å²) in [5.74, 6) is 0.779. The maximum atomic E-state index is 12.6. The van der Waals surface area contributed by atoms with Gasteiger partial charge in [0.15, 0.2) is 5.96 Å². The molecule has 1 N–H and O–H groups in total. The van der Waals surface area contributed by atoms with Crippen molar-refractivity contribution in [3.63, 3.8) is 0 Å². The van der Waals surface area contributed by atoms with Crippen molar-refractivity contribution in [3.8, 4) is 0 Å². The molecule has 8 heteroatoms. The van der Waals surface area contributed by atoms with E-state index < -0.39 is 12.2 Å². The highest BCUT2D eigenvalue weighted by molar-refractivity contribution is 14.0. The van der Waals surface area contributed by atoms with Gasteiger partial charge in [-0.1, -0.05) is 6.92 Å². The third-order valence-corrected chi connectivity index (χ3v) is 3.38. The summed E-state index contributed by atoms with van der Waals surface area (Å²) in [6, 6.07) is -1.37. The molecule has 120 valence electrons. The molecule has 0 aromatic carbocycles. The molecular formula is C12H24F3IN4. The van der Waals surface area contributed by atoms with Crippen LogP contribution in [0, 0.1) is 0 Å². The van der Waals surface area contributed by atoms with Crippen LogP contribution in [0.2, 0.25) is 0 Å². The number of rotatable bonds is 3. The van der Waals surface area contributed by atoms with E-state index in [1.54, 1.807) is 7.05 Å². The third-order valence-electron chi connectivity index (χ3n) is 3.38. The van der Waals surface area contributed by atoms with Crippen molar-refractivity contribution >= 4 is 29.9 Å². The number of piperazine rings is 1. The van der Waals surface area contributed by atoms with Crippen LogP contribution >= 0.6 is 24.0 Å². The Morgan fingerprint density at radius 3 is 2.20 bits per heavy atom. The number of halogens is 4. The van der Waals surface area contributed by atoms with E-state index in [9.17, 15) is 13.2 Å². The minimum Gasteiger partial charge on any atom is -0.356 e. The molecule has 1 atom stereocenters. The Bertz CT molecular complexity index is 302. The number of guanidine groups is 1. The molecule has 0 aromatic rings. The van der Waals surface area contributed by atoms with E-state index in [4.69, 9.17) is 0 Å². The van der Waals surface area contributed by atoms with E-state index in [-0.39, 0.29) is 24.0 Å². The molecule has 1 rings (SSSR count). The lowest BCUT2D eigenvalue weighted by Crippen LogP contribution is -2.56. The summed E-state index contributed by atoms with van der Waals surface area (Å²) < 4.78 is 37.9. The predicted molar refractivity (Wildman–Crippen MR) is 85.7 cm³/mol. The molecule has 0 aromatic heterocycles. The zero-order valence-electron chi connectivity index (χ0n) is 12.2. The normalized spacial score (nSPS) is 19.5. The van der Waals surface area contributed by atoms with Crippen LogP contribution in [0.25, 0.3) is 0 Å². The van der Waals surface area contributed by atoms with Gasteiger partial charge in [-0.05, 0) is 13.3 Å². The van der Waals surface area contributed by atoms with Crippen LogP contribution in [-0.4, -0.2) is 67.7 Å². The zero-order valence-corrected chi connectivity index (χ0v) is 14.5. The second kappa shape index (κ2) is 8.91. The van der Waals surface area contributed by atoms with Gasteiger partial charge in [-0.25, -0.2) is 0 Å². The van der Waals surface area contributed by atoms with Crippen molar-refractivity contribution in [2.75, 3.05) is 39.8 Å². The first kappa shape index (κ1) is 19.8.